The van der Waals surface area contributed by atoms with E-state index in [0.717, 1.165) is 3.57 Å². The van der Waals surface area contributed by atoms with Gasteiger partial charge in [-0.3, -0.25) is 25.2 Å². The Hall–Kier alpha value is -1.79. The number of halogens is 1. The van der Waals surface area contributed by atoms with Crippen LogP contribution in [0, 0.1) is 3.57 Å². The van der Waals surface area contributed by atoms with Crippen LogP contribution in [0.4, 0.5) is 0 Å². The molecule has 0 aliphatic heterocycles. The van der Waals surface area contributed by atoms with Gasteiger partial charge in [0.2, 0.25) is 5.91 Å². The van der Waals surface area contributed by atoms with Crippen LogP contribution in [0.15, 0.2) is 24.3 Å². The van der Waals surface area contributed by atoms with Gasteiger partial charge >= 0.3 is 5.97 Å². The molecule has 0 atom stereocenters. The van der Waals surface area contributed by atoms with Crippen molar-refractivity contribution in [3.8, 4) is 0 Å². The summed E-state index contributed by atoms with van der Waals surface area (Å²) in [6.07, 6.45) is -0.162. The number of carbonyl (C=O) groups is 3. The Bertz CT molecular complexity index is 641. The fraction of sp³-hybridized carbons (Fsp3) is 0.333. The number of hydrogen-bond acceptors (Lipinski definition) is 6. The van der Waals surface area contributed by atoms with Gasteiger partial charge in [-0.05, 0) is 46.9 Å². The molecule has 8 nitrogen and oxygen atoms in total. The van der Waals surface area contributed by atoms with E-state index in [9.17, 15) is 14.4 Å². The summed E-state index contributed by atoms with van der Waals surface area (Å²) in [6.45, 7) is 0.438. The van der Waals surface area contributed by atoms with Crippen molar-refractivity contribution in [2.75, 3.05) is 20.3 Å². The van der Waals surface area contributed by atoms with E-state index in [1.54, 1.807) is 18.2 Å². The van der Waals surface area contributed by atoms with E-state index >= 15 is 0 Å². The minimum atomic E-state index is -0.502. The minimum Gasteiger partial charge on any atom is -0.463 e. The standard InChI is InChI=1S/C15H18IN3O5S/c1-23-8-9-24-13(21)7-6-12(20)17-15(25)19-18-14(22)10-4-2-3-5-11(10)16/h2-5H,6-9H2,1H3,(H,18,22)(H2,17,19,20,25). The number of carbonyl (C=O) groups excluding carboxylic acids is 3. The van der Waals surface area contributed by atoms with Crippen molar-refractivity contribution < 1.29 is 23.9 Å². The monoisotopic (exact) mass is 479 g/mol. The summed E-state index contributed by atoms with van der Waals surface area (Å²) >= 11 is 6.94. The third-order valence-corrected chi connectivity index (χ3v) is 3.91. The van der Waals surface area contributed by atoms with Gasteiger partial charge in [-0.15, -0.1) is 0 Å². The van der Waals surface area contributed by atoms with Crippen LogP contribution in [-0.4, -0.2) is 43.2 Å². The molecule has 0 saturated carbocycles. The molecule has 0 aliphatic carbocycles. The van der Waals surface area contributed by atoms with Crippen LogP contribution in [0.25, 0.3) is 0 Å². The van der Waals surface area contributed by atoms with Crippen molar-refractivity contribution in [2.24, 2.45) is 0 Å². The Morgan fingerprint density at radius 2 is 1.84 bits per heavy atom. The Morgan fingerprint density at radius 1 is 1.12 bits per heavy atom. The molecule has 0 unspecified atom stereocenters. The first-order valence-corrected chi connectivity index (χ1v) is 8.72. The molecule has 25 heavy (non-hydrogen) atoms. The second kappa shape index (κ2) is 11.7. The SMILES string of the molecule is COCCOC(=O)CCC(=O)NC(=S)NNC(=O)c1ccccc1I. The lowest BCUT2D eigenvalue weighted by Crippen LogP contribution is -2.48. The zero-order valence-electron chi connectivity index (χ0n) is 13.5. The average Bonchev–Trinajstić information content (AvgIpc) is 2.58. The maximum absolute atomic E-state index is 12.0. The van der Waals surface area contributed by atoms with E-state index < -0.39 is 11.9 Å². The molecule has 0 saturated heterocycles. The molecule has 0 bridgehead atoms. The Morgan fingerprint density at radius 3 is 2.52 bits per heavy atom. The predicted molar refractivity (Wildman–Crippen MR) is 103 cm³/mol. The molecule has 0 radical (unpaired) electrons. The lowest BCUT2D eigenvalue weighted by molar-refractivity contribution is -0.146. The van der Waals surface area contributed by atoms with Crippen molar-refractivity contribution in [1.29, 1.82) is 0 Å². The highest BCUT2D eigenvalue weighted by Gasteiger charge is 2.11. The van der Waals surface area contributed by atoms with Gasteiger partial charge in [-0.25, -0.2) is 0 Å². The molecule has 136 valence electrons. The molecule has 0 heterocycles. The van der Waals surface area contributed by atoms with Crippen LogP contribution in [0.2, 0.25) is 0 Å². The van der Waals surface area contributed by atoms with Crippen LogP contribution in [0.1, 0.15) is 23.2 Å². The fourth-order valence-corrected chi connectivity index (χ4v) is 2.37. The maximum atomic E-state index is 12.0. The molecule has 1 rings (SSSR count). The number of benzene rings is 1. The lowest BCUT2D eigenvalue weighted by atomic mass is 10.2. The number of rotatable bonds is 7. The van der Waals surface area contributed by atoms with Gasteiger partial charge in [0.1, 0.15) is 6.61 Å². The number of methoxy groups -OCH3 is 1. The summed E-state index contributed by atoms with van der Waals surface area (Å²) < 4.78 is 10.3. The highest BCUT2D eigenvalue weighted by Crippen LogP contribution is 2.10. The maximum Gasteiger partial charge on any atom is 0.306 e. The minimum absolute atomic E-state index is 0.0722. The Balaban J connectivity index is 2.27. The molecule has 10 heteroatoms. The van der Waals surface area contributed by atoms with Crippen molar-refractivity contribution in [3.05, 3.63) is 33.4 Å². The van der Waals surface area contributed by atoms with E-state index in [1.165, 1.54) is 7.11 Å². The number of ether oxygens (including phenoxy) is 2. The molecule has 0 aromatic heterocycles. The molecular weight excluding hydrogens is 461 g/mol. The number of thiocarbonyl (C=S) groups is 1. The number of nitrogens with one attached hydrogen (secondary N) is 3. The quantitative estimate of drug-likeness (QED) is 0.176. The highest BCUT2D eigenvalue weighted by atomic mass is 127. The first-order valence-electron chi connectivity index (χ1n) is 7.23. The fourth-order valence-electron chi connectivity index (χ4n) is 1.57. The summed E-state index contributed by atoms with van der Waals surface area (Å²) in [5.41, 5.74) is 5.30. The van der Waals surface area contributed by atoms with Gasteiger partial charge in [-0.1, -0.05) is 12.1 Å². The molecule has 2 amide bonds. The zero-order valence-corrected chi connectivity index (χ0v) is 16.4. The number of amides is 2. The average molecular weight is 479 g/mol. The number of hydrazine groups is 1. The number of hydrogen-bond donors (Lipinski definition) is 3. The smallest absolute Gasteiger partial charge is 0.306 e. The molecule has 0 spiro atoms. The first-order chi connectivity index (χ1) is 11.9. The summed E-state index contributed by atoms with van der Waals surface area (Å²) in [5, 5.41) is 2.28. The topological polar surface area (TPSA) is 106 Å². The van der Waals surface area contributed by atoms with Gasteiger partial charge in [0.15, 0.2) is 5.11 Å². The van der Waals surface area contributed by atoms with Gasteiger partial charge < -0.3 is 14.8 Å². The lowest BCUT2D eigenvalue weighted by Gasteiger charge is -2.11. The molecule has 1 aromatic carbocycles. The van der Waals surface area contributed by atoms with E-state index in [-0.39, 0.29) is 30.5 Å². The van der Waals surface area contributed by atoms with Crippen molar-refractivity contribution in [2.45, 2.75) is 12.8 Å². The summed E-state index contributed by atoms with van der Waals surface area (Å²) in [7, 11) is 1.49. The summed E-state index contributed by atoms with van der Waals surface area (Å²) in [5.74, 6) is -1.36. The Labute approximate surface area is 164 Å². The summed E-state index contributed by atoms with van der Waals surface area (Å²) in [4.78, 5) is 35.0. The van der Waals surface area contributed by atoms with Crippen molar-refractivity contribution >= 4 is 57.7 Å². The van der Waals surface area contributed by atoms with Gasteiger partial charge in [0.25, 0.3) is 5.91 Å². The van der Waals surface area contributed by atoms with E-state index in [4.69, 9.17) is 21.7 Å². The zero-order chi connectivity index (χ0) is 18.7. The summed E-state index contributed by atoms with van der Waals surface area (Å²) in [6, 6.07) is 7.01. The third-order valence-electron chi connectivity index (χ3n) is 2.77. The highest BCUT2D eigenvalue weighted by molar-refractivity contribution is 14.1. The van der Waals surface area contributed by atoms with Crippen LogP contribution < -0.4 is 16.2 Å². The van der Waals surface area contributed by atoms with Gasteiger partial charge in [0, 0.05) is 17.1 Å². The van der Waals surface area contributed by atoms with Gasteiger partial charge in [-0.2, -0.15) is 0 Å². The second-order valence-corrected chi connectivity index (χ2v) is 6.22. The molecule has 0 aliphatic rings. The Kier molecular flexibility index (Phi) is 9.96. The van der Waals surface area contributed by atoms with E-state index in [0.29, 0.717) is 12.2 Å². The van der Waals surface area contributed by atoms with Crippen molar-refractivity contribution in [1.82, 2.24) is 16.2 Å². The molecular formula is C15H18IN3O5S. The van der Waals surface area contributed by atoms with Crippen molar-refractivity contribution in [3.63, 3.8) is 0 Å². The van der Waals surface area contributed by atoms with Crippen LogP contribution in [0.3, 0.4) is 0 Å². The number of esters is 1. The third kappa shape index (κ3) is 8.74. The van der Waals surface area contributed by atoms with E-state index in [1.807, 2.05) is 28.7 Å². The molecule has 3 N–H and O–H groups in total. The molecule has 0 fully saturated rings. The van der Waals surface area contributed by atoms with Crippen LogP contribution >= 0.6 is 34.8 Å². The second-order valence-electron chi connectivity index (χ2n) is 4.65. The van der Waals surface area contributed by atoms with Gasteiger partial charge in [0.05, 0.1) is 18.6 Å². The normalized spacial score (nSPS) is 9.84. The van der Waals surface area contributed by atoms with Crippen LogP contribution in [-0.2, 0) is 19.1 Å². The predicted octanol–water partition coefficient (Wildman–Crippen LogP) is 0.897. The molecule has 1 aromatic rings. The first kappa shape index (κ1) is 21.3. The largest absolute Gasteiger partial charge is 0.463 e. The van der Waals surface area contributed by atoms with E-state index in [2.05, 4.69) is 16.2 Å². The van der Waals surface area contributed by atoms with Crippen LogP contribution in [0.5, 0.6) is 0 Å².